The van der Waals surface area contributed by atoms with Gasteiger partial charge in [0.05, 0.1) is 16.6 Å². The minimum atomic E-state index is -0.992. The molecular weight excluding hydrogens is 368 g/mol. The van der Waals surface area contributed by atoms with Crippen LogP contribution in [0, 0.1) is 0 Å². The minimum Gasteiger partial charge on any atom is -0.449 e. The SMILES string of the molecule is CC(OC(=O)c1ccccc1-c1nc2ccccc2[nH]1)C(=O)Nc1ccccn1. The molecule has 1 atom stereocenters. The van der Waals surface area contributed by atoms with Gasteiger partial charge >= 0.3 is 5.97 Å². The number of para-hydroxylation sites is 2. The fourth-order valence-electron chi connectivity index (χ4n) is 2.89. The van der Waals surface area contributed by atoms with Crippen LogP contribution in [-0.2, 0) is 9.53 Å². The van der Waals surface area contributed by atoms with Gasteiger partial charge in [-0.25, -0.2) is 14.8 Å². The maximum atomic E-state index is 12.8. The van der Waals surface area contributed by atoms with Crippen LogP contribution in [0.15, 0.2) is 72.9 Å². The third-order valence-electron chi connectivity index (χ3n) is 4.36. The number of benzene rings is 2. The van der Waals surface area contributed by atoms with Crippen molar-refractivity contribution in [1.82, 2.24) is 15.0 Å². The Morgan fingerprint density at radius 2 is 1.76 bits per heavy atom. The Morgan fingerprint density at radius 1 is 1.00 bits per heavy atom. The average Bonchev–Trinajstić information content (AvgIpc) is 3.18. The third kappa shape index (κ3) is 3.98. The maximum absolute atomic E-state index is 12.8. The summed E-state index contributed by atoms with van der Waals surface area (Å²) in [6.07, 6.45) is 0.573. The molecule has 4 aromatic rings. The van der Waals surface area contributed by atoms with E-state index in [2.05, 4.69) is 20.3 Å². The van der Waals surface area contributed by atoms with E-state index in [0.717, 1.165) is 11.0 Å². The number of ether oxygens (including phenoxy) is 1. The molecule has 0 fully saturated rings. The van der Waals surface area contributed by atoms with Crippen LogP contribution < -0.4 is 5.32 Å². The molecule has 0 bridgehead atoms. The third-order valence-corrected chi connectivity index (χ3v) is 4.36. The number of carbonyl (C=O) groups is 2. The predicted octanol–water partition coefficient (Wildman–Crippen LogP) is 3.81. The van der Waals surface area contributed by atoms with E-state index in [-0.39, 0.29) is 0 Å². The molecule has 4 rings (SSSR count). The highest BCUT2D eigenvalue weighted by Crippen LogP contribution is 2.24. The lowest BCUT2D eigenvalue weighted by molar-refractivity contribution is -0.123. The fourth-order valence-corrected chi connectivity index (χ4v) is 2.89. The van der Waals surface area contributed by atoms with Crippen molar-refractivity contribution in [1.29, 1.82) is 0 Å². The number of carbonyl (C=O) groups excluding carboxylic acids is 2. The Morgan fingerprint density at radius 3 is 2.55 bits per heavy atom. The first-order chi connectivity index (χ1) is 14.1. The van der Waals surface area contributed by atoms with Gasteiger partial charge < -0.3 is 15.0 Å². The quantitative estimate of drug-likeness (QED) is 0.509. The van der Waals surface area contributed by atoms with Crippen LogP contribution in [0.4, 0.5) is 5.82 Å². The Kier molecular flexibility index (Phi) is 5.03. The highest BCUT2D eigenvalue weighted by Gasteiger charge is 2.22. The second kappa shape index (κ2) is 7.93. The summed E-state index contributed by atoms with van der Waals surface area (Å²) in [5.41, 5.74) is 2.60. The molecule has 2 heterocycles. The van der Waals surface area contributed by atoms with Crippen LogP contribution in [0.2, 0.25) is 0 Å². The lowest BCUT2D eigenvalue weighted by Crippen LogP contribution is -2.30. The average molecular weight is 386 g/mol. The molecule has 2 N–H and O–H groups in total. The standard InChI is InChI=1S/C22H18N4O3/c1-14(21(27)26-19-12-6-7-13-23-19)29-22(28)16-9-3-2-8-15(16)20-24-17-10-4-5-11-18(17)25-20/h2-14H,1H3,(H,24,25)(H,23,26,27). The van der Waals surface area contributed by atoms with Crippen LogP contribution in [0.1, 0.15) is 17.3 Å². The van der Waals surface area contributed by atoms with E-state index in [1.54, 1.807) is 42.6 Å². The summed E-state index contributed by atoms with van der Waals surface area (Å²) < 4.78 is 5.39. The van der Waals surface area contributed by atoms with Crippen molar-refractivity contribution in [3.8, 4) is 11.4 Å². The van der Waals surface area contributed by atoms with E-state index in [9.17, 15) is 9.59 Å². The number of H-pyrrole nitrogens is 1. The number of pyridine rings is 1. The number of fused-ring (bicyclic) bond motifs is 1. The first-order valence-corrected chi connectivity index (χ1v) is 9.09. The summed E-state index contributed by atoms with van der Waals surface area (Å²) >= 11 is 0. The molecule has 29 heavy (non-hydrogen) atoms. The van der Waals surface area contributed by atoms with E-state index in [1.165, 1.54) is 6.92 Å². The molecule has 0 aliphatic carbocycles. The number of hydrogen-bond donors (Lipinski definition) is 2. The number of anilines is 1. The van der Waals surface area contributed by atoms with Crippen molar-refractivity contribution in [3.63, 3.8) is 0 Å². The molecule has 0 saturated heterocycles. The molecule has 2 aromatic carbocycles. The fraction of sp³-hybridized carbons (Fsp3) is 0.0909. The monoisotopic (exact) mass is 386 g/mol. The van der Waals surface area contributed by atoms with Gasteiger partial charge in [-0.3, -0.25) is 4.79 Å². The number of aromatic nitrogens is 3. The zero-order valence-corrected chi connectivity index (χ0v) is 15.6. The van der Waals surface area contributed by atoms with Crippen molar-refractivity contribution in [3.05, 3.63) is 78.5 Å². The number of imidazole rings is 1. The van der Waals surface area contributed by atoms with Gasteiger partial charge in [0.25, 0.3) is 5.91 Å². The number of aromatic amines is 1. The molecule has 0 saturated carbocycles. The number of hydrogen-bond acceptors (Lipinski definition) is 5. The Labute approximate surface area is 166 Å². The van der Waals surface area contributed by atoms with Crippen molar-refractivity contribution in [2.75, 3.05) is 5.32 Å². The van der Waals surface area contributed by atoms with Gasteiger partial charge in [0.15, 0.2) is 6.10 Å². The number of esters is 1. The second-order valence-corrected chi connectivity index (χ2v) is 6.40. The molecule has 1 unspecified atom stereocenters. The van der Waals surface area contributed by atoms with E-state index in [0.29, 0.717) is 22.8 Å². The van der Waals surface area contributed by atoms with Gasteiger partial charge in [-0.2, -0.15) is 0 Å². The van der Waals surface area contributed by atoms with Crippen LogP contribution >= 0.6 is 0 Å². The van der Waals surface area contributed by atoms with Crippen molar-refractivity contribution in [2.45, 2.75) is 13.0 Å². The molecule has 1 amide bonds. The molecule has 0 aliphatic heterocycles. The summed E-state index contributed by atoms with van der Waals surface area (Å²) in [5.74, 6) is -0.115. The van der Waals surface area contributed by atoms with Gasteiger partial charge in [0.2, 0.25) is 0 Å². The highest BCUT2D eigenvalue weighted by atomic mass is 16.5. The largest absolute Gasteiger partial charge is 0.449 e. The van der Waals surface area contributed by atoms with Crippen molar-refractivity contribution < 1.29 is 14.3 Å². The van der Waals surface area contributed by atoms with E-state index < -0.39 is 18.0 Å². The molecule has 7 nitrogen and oxygen atoms in total. The van der Waals surface area contributed by atoms with Gasteiger partial charge in [-0.05, 0) is 37.3 Å². The number of amides is 1. The minimum absolute atomic E-state index is 0.323. The predicted molar refractivity (Wildman–Crippen MR) is 109 cm³/mol. The summed E-state index contributed by atoms with van der Waals surface area (Å²) in [6.45, 7) is 1.51. The summed E-state index contributed by atoms with van der Waals surface area (Å²) in [5, 5.41) is 2.62. The Bertz CT molecular complexity index is 1140. The normalized spacial score (nSPS) is 11.8. The zero-order chi connectivity index (χ0) is 20.2. The van der Waals surface area contributed by atoms with Gasteiger partial charge in [-0.15, -0.1) is 0 Å². The lowest BCUT2D eigenvalue weighted by Gasteiger charge is -2.14. The second-order valence-electron chi connectivity index (χ2n) is 6.40. The first kappa shape index (κ1) is 18.4. The Balaban J connectivity index is 1.54. The molecule has 0 spiro atoms. The lowest BCUT2D eigenvalue weighted by atomic mass is 10.1. The maximum Gasteiger partial charge on any atom is 0.339 e. The number of nitrogens with zero attached hydrogens (tertiary/aromatic N) is 2. The topological polar surface area (TPSA) is 97.0 Å². The van der Waals surface area contributed by atoms with E-state index >= 15 is 0 Å². The number of nitrogens with one attached hydrogen (secondary N) is 2. The highest BCUT2D eigenvalue weighted by molar-refractivity contribution is 6.00. The smallest absolute Gasteiger partial charge is 0.339 e. The molecule has 0 radical (unpaired) electrons. The van der Waals surface area contributed by atoms with Gasteiger partial charge in [-0.1, -0.05) is 36.4 Å². The van der Waals surface area contributed by atoms with Crippen molar-refractivity contribution in [2.24, 2.45) is 0 Å². The molecule has 144 valence electrons. The summed E-state index contributed by atoms with van der Waals surface area (Å²) in [7, 11) is 0. The summed E-state index contributed by atoms with van der Waals surface area (Å²) in [4.78, 5) is 36.8. The van der Waals surface area contributed by atoms with Crippen LogP contribution in [0.25, 0.3) is 22.4 Å². The molecule has 7 heteroatoms. The molecule has 0 aliphatic rings. The number of rotatable bonds is 5. The van der Waals surface area contributed by atoms with Gasteiger partial charge in [0, 0.05) is 11.8 Å². The Hall–Kier alpha value is -4.00. The van der Waals surface area contributed by atoms with Crippen LogP contribution in [-0.4, -0.2) is 32.9 Å². The molecule has 2 aromatic heterocycles. The first-order valence-electron chi connectivity index (χ1n) is 9.09. The summed E-state index contributed by atoms with van der Waals surface area (Å²) in [6, 6.07) is 19.7. The van der Waals surface area contributed by atoms with Crippen molar-refractivity contribution >= 4 is 28.7 Å². The van der Waals surface area contributed by atoms with E-state index in [4.69, 9.17) is 4.74 Å². The van der Waals surface area contributed by atoms with Crippen LogP contribution in [0.5, 0.6) is 0 Å². The van der Waals surface area contributed by atoms with Crippen LogP contribution in [0.3, 0.4) is 0 Å². The van der Waals surface area contributed by atoms with E-state index in [1.807, 2.05) is 30.3 Å². The molecular formula is C22H18N4O3. The zero-order valence-electron chi connectivity index (χ0n) is 15.6. The van der Waals surface area contributed by atoms with Gasteiger partial charge in [0.1, 0.15) is 11.6 Å².